The highest BCUT2D eigenvalue weighted by atomic mass is 19.4. The van der Waals surface area contributed by atoms with Crippen LogP contribution in [0.15, 0.2) is 53.4 Å². The zero-order valence-electron chi connectivity index (χ0n) is 14.2. The van der Waals surface area contributed by atoms with Crippen LogP contribution >= 0.6 is 0 Å². The zero-order valence-corrected chi connectivity index (χ0v) is 14.2. The lowest BCUT2D eigenvalue weighted by molar-refractivity contribution is -0.137. The van der Waals surface area contributed by atoms with Crippen LogP contribution in [0.1, 0.15) is 34.8 Å². The number of carbonyl (C=O) groups is 1. The molecule has 134 valence electrons. The molecular weight excluding hydrogens is 343 g/mol. The lowest BCUT2D eigenvalue weighted by Gasteiger charge is -2.13. The monoisotopic (exact) mass is 359 g/mol. The molecule has 0 aliphatic carbocycles. The van der Waals surface area contributed by atoms with Gasteiger partial charge in [-0.05, 0) is 49.2 Å². The van der Waals surface area contributed by atoms with E-state index in [0.29, 0.717) is 23.4 Å². The summed E-state index contributed by atoms with van der Waals surface area (Å²) in [7, 11) is 0. The van der Waals surface area contributed by atoms with Gasteiger partial charge in [0, 0.05) is 35.6 Å². The second-order valence-corrected chi connectivity index (χ2v) is 6.05. The van der Waals surface area contributed by atoms with Gasteiger partial charge >= 0.3 is 6.18 Å². The second kappa shape index (κ2) is 6.74. The van der Waals surface area contributed by atoms with Gasteiger partial charge in [0.15, 0.2) is 0 Å². The maximum absolute atomic E-state index is 13.3. The van der Waals surface area contributed by atoms with Gasteiger partial charge in [-0.3, -0.25) is 9.78 Å². The molecule has 1 amide bonds. The summed E-state index contributed by atoms with van der Waals surface area (Å²) in [4.78, 5) is 20.6. The molecular formula is C19H16F3N3O. The number of aliphatic imine (C=N–C) groups is 1. The molecule has 1 aromatic carbocycles. The van der Waals surface area contributed by atoms with E-state index in [0.717, 1.165) is 23.4 Å². The third-order valence-corrected chi connectivity index (χ3v) is 4.03. The van der Waals surface area contributed by atoms with Crippen LogP contribution in [0.4, 0.5) is 13.2 Å². The number of amidine groups is 1. The quantitative estimate of drug-likeness (QED) is 0.858. The molecule has 0 radical (unpaired) electrons. The van der Waals surface area contributed by atoms with Gasteiger partial charge in [-0.25, -0.2) is 4.99 Å². The molecule has 7 heteroatoms. The number of hydrogen-bond donors (Lipinski definition) is 1. The van der Waals surface area contributed by atoms with Crippen molar-refractivity contribution in [1.82, 2.24) is 10.3 Å². The van der Waals surface area contributed by atoms with E-state index in [4.69, 9.17) is 0 Å². The van der Waals surface area contributed by atoms with Crippen molar-refractivity contribution in [2.75, 3.05) is 0 Å². The van der Waals surface area contributed by atoms with Crippen molar-refractivity contribution < 1.29 is 18.0 Å². The number of amides is 1. The zero-order chi connectivity index (χ0) is 18.9. The lowest BCUT2D eigenvalue weighted by atomic mass is 9.97. The first kappa shape index (κ1) is 17.8. The number of aryl methyl sites for hydroxylation is 1. The van der Waals surface area contributed by atoms with Gasteiger partial charge in [-0.15, -0.1) is 0 Å². The third kappa shape index (κ3) is 3.82. The minimum Gasteiger partial charge on any atom is -0.310 e. The number of nitrogens with zero attached hydrogens (tertiary/aromatic N) is 2. The molecule has 0 saturated heterocycles. The fraction of sp³-hybridized carbons (Fsp3) is 0.211. The molecule has 3 rings (SSSR count). The number of rotatable bonds is 2. The Morgan fingerprint density at radius 1 is 1.19 bits per heavy atom. The highest BCUT2D eigenvalue weighted by Crippen LogP contribution is 2.34. The van der Waals surface area contributed by atoms with Gasteiger partial charge in [0.2, 0.25) is 0 Å². The Bertz CT molecular complexity index is 930. The lowest BCUT2D eigenvalue weighted by Crippen LogP contribution is -2.29. The van der Waals surface area contributed by atoms with Gasteiger partial charge < -0.3 is 5.32 Å². The summed E-state index contributed by atoms with van der Waals surface area (Å²) >= 11 is 0. The fourth-order valence-electron chi connectivity index (χ4n) is 2.67. The first-order valence-corrected chi connectivity index (χ1v) is 7.93. The first-order chi connectivity index (χ1) is 12.2. The number of nitrogens with one attached hydrogen (secondary N) is 1. The molecule has 1 aromatic heterocycles. The Hall–Kier alpha value is -2.96. The van der Waals surface area contributed by atoms with Crippen molar-refractivity contribution in [2.24, 2.45) is 4.99 Å². The first-order valence-electron chi connectivity index (χ1n) is 7.93. The standard InChI is InChI=1S/C19H16F3N3O/c1-11-5-6-23-10-16(11)13-7-14(9-15(8-13)19(20,21)22)18(26)25-17-4-3-12(2)24-17/h3,5-10H,4H2,1-2H3,(H,24,25,26). The van der Waals surface area contributed by atoms with Gasteiger partial charge in [-0.1, -0.05) is 6.08 Å². The third-order valence-electron chi connectivity index (χ3n) is 4.03. The topological polar surface area (TPSA) is 54.4 Å². The summed E-state index contributed by atoms with van der Waals surface area (Å²) in [6.45, 7) is 3.56. The predicted octanol–water partition coefficient (Wildman–Crippen LogP) is 4.51. The van der Waals surface area contributed by atoms with Crippen molar-refractivity contribution in [3.8, 4) is 11.1 Å². The van der Waals surface area contributed by atoms with Gasteiger partial charge in [-0.2, -0.15) is 13.2 Å². The van der Waals surface area contributed by atoms with Crippen molar-refractivity contribution in [3.63, 3.8) is 0 Å². The molecule has 1 aliphatic heterocycles. The number of carbonyl (C=O) groups excluding carboxylic acids is 1. The minimum atomic E-state index is -4.57. The van der Waals surface area contributed by atoms with E-state index in [1.165, 1.54) is 12.3 Å². The maximum atomic E-state index is 13.3. The summed E-state index contributed by atoms with van der Waals surface area (Å²) in [6, 6.07) is 5.02. The summed E-state index contributed by atoms with van der Waals surface area (Å²) in [5.41, 5.74) is 1.40. The Balaban J connectivity index is 2.02. The smallest absolute Gasteiger partial charge is 0.310 e. The number of pyridine rings is 1. The molecule has 0 atom stereocenters. The van der Waals surface area contributed by atoms with Crippen molar-refractivity contribution in [2.45, 2.75) is 26.4 Å². The van der Waals surface area contributed by atoms with Crippen LogP contribution in [0, 0.1) is 6.92 Å². The van der Waals surface area contributed by atoms with Crippen LogP contribution in [-0.4, -0.2) is 16.7 Å². The Morgan fingerprint density at radius 3 is 2.58 bits per heavy atom. The maximum Gasteiger partial charge on any atom is 0.416 e. The molecule has 26 heavy (non-hydrogen) atoms. The van der Waals surface area contributed by atoms with Crippen LogP contribution < -0.4 is 5.32 Å². The van der Waals surface area contributed by atoms with Crippen molar-refractivity contribution >= 4 is 11.7 Å². The molecule has 0 bridgehead atoms. The number of allylic oxidation sites excluding steroid dienone is 1. The Kier molecular flexibility index (Phi) is 4.63. The summed E-state index contributed by atoms with van der Waals surface area (Å²) in [6.07, 6.45) is 0.760. The van der Waals surface area contributed by atoms with E-state index in [2.05, 4.69) is 15.3 Å². The minimum absolute atomic E-state index is 0.0784. The highest BCUT2D eigenvalue weighted by molar-refractivity contribution is 6.08. The van der Waals surface area contributed by atoms with E-state index < -0.39 is 17.6 Å². The SMILES string of the molecule is CC1=CCC(NC(=O)c2cc(-c3cnccc3C)cc(C(F)(F)F)c2)=N1. The molecule has 1 N–H and O–H groups in total. The Labute approximate surface area is 148 Å². The molecule has 1 aliphatic rings. The Morgan fingerprint density at radius 2 is 1.96 bits per heavy atom. The number of hydrogen-bond acceptors (Lipinski definition) is 3. The van der Waals surface area contributed by atoms with Crippen LogP contribution in [0.25, 0.3) is 11.1 Å². The van der Waals surface area contributed by atoms with Crippen molar-refractivity contribution in [1.29, 1.82) is 0 Å². The largest absolute Gasteiger partial charge is 0.416 e. The summed E-state index contributed by atoms with van der Waals surface area (Å²) in [5.74, 6) is -0.204. The number of benzene rings is 1. The summed E-state index contributed by atoms with van der Waals surface area (Å²) in [5, 5.41) is 2.57. The van der Waals surface area contributed by atoms with E-state index in [1.807, 2.05) is 6.08 Å². The number of aromatic nitrogens is 1. The van der Waals surface area contributed by atoms with Gasteiger partial charge in [0.05, 0.1) is 5.56 Å². The average Bonchev–Trinajstić information content (AvgIpc) is 2.99. The fourth-order valence-corrected chi connectivity index (χ4v) is 2.67. The van der Waals surface area contributed by atoms with Crippen LogP contribution in [0.2, 0.25) is 0 Å². The second-order valence-electron chi connectivity index (χ2n) is 6.05. The average molecular weight is 359 g/mol. The molecule has 4 nitrogen and oxygen atoms in total. The van der Waals surface area contributed by atoms with E-state index in [9.17, 15) is 18.0 Å². The van der Waals surface area contributed by atoms with E-state index in [1.54, 1.807) is 26.1 Å². The van der Waals surface area contributed by atoms with E-state index in [-0.39, 0.29) is 5.56 Å². The molecule has 2 heterocycles. The molecule has 0 saturated carbocycles. The molecule has 0 unspecified atom stereocenters. The summed E-state index contributed by atoms with van der Waals surface area (Å²) < 4.78 is 39.9. The molecule has 2 aromatic rings. The van der Waals surface area contributed by atoms with Crippen LogP contribution in [-0.2, 0) is 6.18 Å². The normalized spacial score (nSPS) is 14.0. The number of halogens is 3. The van der Waals surface area contributed by atoms with Crippen LogP contribution in [0.5, 0.6) is 0 Å². The molecule has 0 fully saturated rings. The van der Waals surface area contributed by atoms with Gasteiger partial charge in [0.25, 0.3) is 5.91 Å². The predicted molar refractivity (Wildman–Crippen MR) is 92.7 cm³/mol. The van der Waals surface area contributed by atoms with Gasteiger partial charge in [0.1, 0.15) is 5.84 Å². The van der Waals surface area contributed by atoms with E-state index >= 15 is 0 Å². The molecule has 0 spiro atoms. The van der Waals surface area contributed by atoms with Crippen LogP contribution in [0.3, 0.4) is 0 Å². The number of alkyl halides is 3. The highest BCUT2D eigenvalue weighted by Gasteiger charge is 2.32. The van der Waals surface area contributed by atoms with Crippen molar-refractivity contribution in [3.05, 3.63) is 65.1 Å².